The highest BCUT2D eigenvalue weighted by atomic mass is 35.5. The van der Waals surface area contributed by atoms with E-state index >= 15 is 0 Å². The van der Waals surface area contributed by atoms with E-state index in [0.717, 1.165) is 36.4 Å². The first-order chi connectivity index (χ1) is 7.33. The largest absolute Gasteiger partial charge is 0.493 e. The number of hydrogen-bond donors (Lipinski definition) is 1. The number of hydrogen-bond acceptors (Lipinski definition) is 2. The Morgan fingerprint density at radius 3 is 3.07 bits per heavy atom. The molecular formula is C12H14ClNO. The summed E-state index contributed by atoms with van der Waals surface area (Å²) in [6, 6.07) is 4.76. The number of rotatable bonds is 3. The summed E-state index contributed by atoms with van der Waals surface area (Å²) in [5.74, 6) is 1.06. The van der Waals surface area contributed by atoms with Crippen LogP contribution in [-0.2, 0) is 13.0 Å². The monoisotopic (exact) mass is 223 g/mol. The predicted octanol–water partition coefficient (Wildman–Crippen LogP) is 2.53. The second-order valence-electron chi connectivity index (χ2n) is 4.31. The molecule has 1 N–H and O–H groups in total. The molecular weight excluding hydrogens is 210 g/mol. The zero-order chi connectivity index (χ0) is 10.3. The van der Waals surface area contributed by atoms with Crippen molar-refractivity contribution in [3.63, 3.8) is 0 Å². The summed E-state index contributed by atoms with van der Waals surface area (Å²) < 4.78 is 5.64. The second-order valence-corrected chi connectivity index (χ2v) is 4.74. The molecule has 0 aromatic heterocycles. The van der Waals surface area contributed by atoms with Crippen LogP contribution in [0.15, 0.2) is 12.1 Å². The molecule has 80 valence electrons. The van der Waals surface area contributed by atoms with Gasteiger partial charge in [-0.3, -0.25) is 0 Å². The molecule has 3 rings (SSSR count). The Morgan fingerprint density at radius 2 is 2.27 bits per heavy atom. The van der Waals surface area contributed by atoms with Crippen LogP contribution in [0.5, 0.6) is 5.75 Å². The van der Waals surface area contributed by atoms with E-state index in [0.29, 0.717) is 0 Å². The molecule has 1 heterocycles. The van der Waals surface area contributed by atoms with E-state index in [1.165, 1.54) is 24.0 Å². The number of benzene rings is 1. The van der Waals surface area contributed by atoms with E-state index in [1.54, 1.807) is 0 Å². The van der Waals surface area contributed by atoms with Gasteiger partial charge in [-0.1, -0.05) is 11.6 Å². The molecule has 1 aromatic rings. The van der Waals surface area contributed by atoms with E-state index in [1.807, 2.05) is 12.1 Å². The lowest BCUT2D eigenvalue weighted by Crippen LogP contribution is -2.15. The lowest BCUT2D eigenvalue weighted by atomic mass is 10.1. The van der Waals surface area contributed by atoms with Crippen LogP contribution in [0.3, 0.4) is 0 Å². The summed E-state index contributed by atoms with van der Waals surface area (Å²) in [5.41, 5.74) is 2.47. The van der Waals surface area contributed by atoms with Crippen molar-refractivity contribution >= 4 is 11.6 Å². The van der Waals surface area contributed by atoms with Crippen molar-refractivity contribution in [3.8, 4) is 5.75 Å². The zero-order valence-electron chi connectivity index (χ0n) is 8.55. The quantitative estimate of drug-likeness (QED) is 0.851. The van der Waals surface area contributed by atoms with Crippen molar-refractivity contribution in [3.05, 3.63) is 28.3 Å². The van der Waals surface area contributed by atoms with Crippen LogP contribution in [-0.4, -0.2) is 12.6 Å². The number of ether oxygens (including phenoxy) is 1. The summed E-state index contributed by atoms with van der Waals surface area (Å²) in [7, 11) is 0. The molecule has 0 spiro atoms. The lowest BCUT2D eigenvalue weighted by molar-refractivity contribution is 0.352. The van der Waals surface area contributed by atoms with E-state index in [-0.39, 0.29) is 0 Å². The van der Waals surface area contributed by atoms with Gasteiger partial charge in [-0.05, 0) is 30.5 Å². The van der Waals surface area contributed by atoms with Crippen LogP contribution in [0, 0.1) is 0 Å². The highest BCUT2D eigenvalue weighted by Gasteiger charge is 2.22. The summed E-state index contributed by atoms with van der Waals surface area (Å²) in [5, 5.41) is 4.32. The molecule has 0 radical (unpaired) electrons. The Kier molecular flexibility index (Phi) is 2.33. The van der Waals surface area contributed by atoms with Gasteiger partial charge < -0.3 is 10.1 Å². The van der Waals surface area contributed by atoms with Gasteiger partial charge >= 0.3 is 0 Å². The van der Waals surface area contributed by atoms with Gasteiger partial charge in [-0.15, -0.1) is 0 Å². The molecule has 1 aromatic carbocycles. The first-order valence-electron chi connectivity index (χ1n) is 5.50. The Hall–Kier alpha value is -0.730. The van der Waals surface area contributed by atoms with Crippen molar-refractivity contribution < 1.29 is 4.74 Å². The minimum absolute atomic E-state index is 0.723. The fraction of sp³-hybridized carbons (Fsp3) is 0.500. The third kappa shape index (κ3) is 1.97. The lowest BCUT2D eigenvalue weighted by Gasteiger charge is -2.09. The second kappa shape index (κ2) is 3.69. The van der Waals surface area contributed by atoms with Crippen LogP contribution in [0.1, 0.15) is 24.0 Å². The molecule has 2 aliphatic rings. The minimum atomic E-state index is 0.723. The van der Waals surface area contributed by atoms with Gasteiger partial charge in [-0.25, -0.2) is 0 Å². The standard InChI is InChI=1S/C12H14ClNO/c13-10-5-8-3-4-15-12(8)9(6-10)7-14-11-1-2-11/h5-6,11,14H,1-4,7H2. The van der Waals surface area contributed by atoms with Crippen molar-refractivity contribution in [1.82, 2.24) is 5.32 Å². The Morgan fingerprint density at radius 1 is 1.40 bits per heavy atom. The molecule has 1 aliphatic carbocycles. The number of fused-ring (bicyclic) bond motifs is 1. The average Bonchev–Trinajstić information content (AvgIpc) is 2.92. The molecule has 0 atom stereocenters. The number of halogens is 1. The van der Waals surface area contributed by atoms with Crippen LogP contribution in [0.2, 0.25) is 5.02 Å². The van der Waals surface area contributed by atoms with E-state index in [2.05, 4.69) is 5.32 Å². The molecule has 3 heteroatoms. The summed E-state index contributed by atoms with van der Waals surface area (Å²) in [6.45, 7) is 1.68. The topological polar surface area (TPSA) is 21.3 Å². The van der Waals surface area contributed by atoms with Crippen LogP contribution in [0.25, 0.3) is 0 Å². The Balaban J connectivity index is 1.84. The normalized spacial score (nSPS) is 18.7. The minimum Gasteiger partial charge on any atom is -0.493 e. The van der Waals surface area contributed by atoms with E-state index < -0.39 is 0 Å². The van der Waals surface area contributed by atoms with Crippen LogP contribution >= 0.6 is 11.6 Å². The average molecular weight is 224 g/mol. The molecule has 0 unspecified atom stereocenters. The van der Waals surface area contributed by atoms with Crippen molar-refractivity contribution in [2.45, 2.75) is 31.8 Å². The van der Waals surface area contributed by atoms with Gasteiger partial charge in [0.25, 0.3) is 0 Å². The Labute approximate surface area is 94.6 Å². The highest BCUT2D eigenvalue weighted by molar-refractivity contribution is 6.30. The van der Waals surface area contributed by atoms with E-state index in [4.69, 9.17) is 16.3 Å². The maximum atomic E-state index is 6.08. The maximum Gasteiger partial charge on any atom is 0.127 e. The van der Waals surface area contributed by atoms with Gasteiger partial charge in [0.05, 0.1) is 6.61 Å². The van der Waals surface area contributed by atoms with Gasteiger partial charge in [0.15, 0.2) is 0 Å². The fourth-order valence-corrected chi connectivity index (χ4v) is 2.28. The predicted molar refractivity (Wildman–Crippen MR) is 60.5 cm³/mol. The molecule has 2 nitrogen and oxygen atoms in total. The molecule has 1 aliphatic heterocycles. The van der Waals surface area contributed by atoms with Crippen molar-refractivity contribution in [2.24, 2.45) is 0 Å². The van der Waals surface area contributed by atoms with Gasteiger partial charge in [0.2, 0.25) is 0 Å². The summed E-state index contributed by atoms with van der Waals surface area (Å²) in [6.07, 6.45) is 3.61. The molecule has 1 saturated carbocycles. The summed E-state index contributed by atoms with van der Waals surface area (Å²) in [4.78, 5) is 0. The SMILES string of the molecule is Clc1cc2c(c(CNC3CC3)c1)OCC2. The third-order valence-electron chi connectivity index (χ3n) is 2.98. The fourth-order valence-electron chi connectivity index (χ4n) is 2.02. The molecule has 15 heavy (non-hydrogen) atoms. The van der Waals surface area contributed by atoms with Gasteiger partial charge in [0.1, 0.15) is 5.75 Å². The van der Waals surface area contributed by atoms with Crippen molar-refractivity contribution in [1.29, 1.82) is 0 Å². The molecule has 0 bridgehead atoms. The summed E-state index contributed by atoms with van der Waals surface area (Å²) >= 11 is 6.08. The maximum absolute atomic E-state index is 6.08. The number of nitrogens with one attached hydrogen (secondary N) is 1. The highest BCUT2D eigenvalue weighted by Crippen LogP contribution is 2.33. The van der Waals surface area contributed by atoms with Crippen LogP contribution in [0.4, 0.5) is 0 Å². The van der Waals surface area contributed by atoms with Gasteiger partial charge in [0, 0.05) is 29.6 Å². The van der Waals surface area contributed by atoms with Crippen LogP contribution < -0.4 is 10.1 Å². The molecule has 1 fully saturated rings. The molecule has 0 saturated heterocycles. The smallest absolute Gasteiger partial charge is 0.127 e. The zero-order valence-corrected chi connectivity index (χ0v) is 9.31. The third-order valence-corrected chi connectivity index (χ3v) is 3.20. The first kappa shape index (κ1) is 9.49. The first-order valence-corrected chi connectivity index (χ1v) is 5.88. The Bertz CT molecular complexity index is 387. The van der Waals surface area contributed by atoms with Crippen molar-refractivity contribution in [2.75, 3.05) is 6.61 Å². The van der Waals surface area contributed by atoms with E-state index in [9.17, 15) is 0 Å². The van der Waals surface area contributed by atoms with Gasteiger partial charge in [-0.2, -0.15) is 0 Å². The molecule has 0 amide bonds.